The Morgan fingerprint density at radius 1 is 1.26 bits per heavy atom. The van der Waals surface area contributed by atoms with Gasteiger partial charge >= 0.3 is 6.09 Å². The monoisotopic (exact) mass is 268 g/mol. The van der Waals surface area contributed by atoms with E-state index in [1.54, 1.807) is 4.90 Å². The minimum atomic E-state index is -0.396. The average molecular weight is 268 g/mol. The van der Waals surface area contributed by atoms with Gasteiger partial charge in [0.25, 0.3) is 0 Å². The Morgan fingerprint density at radius 2 is 1.84 bits per heavy atom. The highest BCUT2D eigenvalue weighted by atomic mass is 16.6. The highest BCUT2D eigenvalue weighted by molar-refractivity contribution is 5.69. The zero-order valence-electron chi connectivity index (χ0n) is 12.7. The van der Waals surface area contributed by atoms with Crippen molar-refractivity contribution in [3.63, 3.8) is 0 Å². The first-order chi connectivity index (χ1) is 8.85. The van der Waals surface area contributed by atoms with Crippen LogP contribution in [-0.2, 0) is 4.74 Å². The highest BCUT2D eigenvalue weighted by Gasteiger charge is 2.35. The molecule has 1 aliphatic heterocycles. The average Bonchev–Trinajstić information content (AvgIpc) is 2.72. The van der Waals surface area contributed by atoms with E-state index in [0.717, 1.165) is 19.0 Å². The number of ether oxygens (including phenoxy) is 1. The molecule has 1 unspecified atom stereocenters. The number of rotatable bonds is 3. The molecule has 1 N–H and O–H groups in total. The minimum absolute atomic E-state index is 0.181. The van der Waals surface area contributed by atoms with E-state index < -0.39 is 5.60 Å². The molecule has 1 atom stereocenters. The molecule has 2 aliphatic rings. The maximum absolute atomic E-state index is 11.8. The van der Waals surface area contributed by atoms with Gasteiger partial charge in [0, 0.05) is 25.2 Å². The van der Waals surface area contributed by atoms with E-state index >= 15 is 0 Å². The van der Waals surface area contributed by atoms with Gasteiger partial charge in [-0.15, -0.1) is 0 Å². The van der Waals surface area contributed by atoms with Crippen molar-refractivity contribution in [2.45, 2.75) is 71.1 Å². The van der Waals surface area contributed by atoms with Crippen LogP contribution >= 0.6 is 0 Å². The van der Waals surface area contributed by atoms with Gasteiger partial charge in [0.1, 0.15) is 5.60 Å². The second kappa shape index (κ2) is 5.70. The topological polar surface area (TPSA) is 41.6 Å². The number of carbonyl (C=O) groups is 1. The van der Waals surface area contributed by atoms with Crippen LogP contribution in [0, 0.1) is 5.92 Å². The summed E-state index contributed by atoms with van der Waals surface area (Å²) in [7, 11) is 0. The van der Waals surface area contributed by atoms with Crippen molar-refractivity contribution >= 4 is 6.09 Å². The first kappa shape index (κ1) is 14.6. The van der Waals surface area contributed by atoms with Crippen molar-refractivity contribution in [1.82, 2.24) is 10.2 Å². The van der Waals surface area contributed by atoms with Crippen molar-refractivity contribution in [2.75, 3.05) is 13.1 Å². The molecule has 0 aromatic carbocycles. The number of hydrogen-bond acceptors (Lipinski definition) is 3. The molecule has 0 aromatic rings. The van der Waals surface area contributed by atoms with Gasteiger partial charge in [0.2, 0.25) is 0 Å². The second-order valence-electron chi connectivity index (χ2n) is 7.08. The minimum Gasteiger partial charge on any atom is -0.444 e. The highest BCUT2D eigenvalue weighted by Crippen LogP contribution is 2.28. The van der Waals surface area contributed by atoms with Gasteiger partial charge in [0.15, 0.2) is 0 Å². The molecule has 0 bridgehead atoms. The molecule has 4 nitrogen and oxygen atoms in total. The molecular formula is C15H28N2O2. The molecule has 2 rings (SSSR count). The van der Waals surface area contributed by atoms with Crippen LogP contribution in [-0.4, -0.2) is 41.8 Å². The van der Waals surface area contributed by atoms with Crippen molar-refractivity contribution in [2.24, 2.45) is 5.92 Å². The standard InChI is InChI=1S/C15H28N2O2/c1-11(12-7-5-6-8-12)16-13-9-17(10-13)14(18)19-15(2,3)4/h11-13,16H,5-10H2,1-4H3. The Morgan fingerprint density at radius 3 is 2.37 bits per heavy atom. The Balaban J connectivity index is 1.67. The molecule has 0 aromatic heterocycles. The van der Waals surface area contributed by atoms with Crippen LogP contribution in [0.15, 0.2) is 0 Å². The van der Waals surface area contributed by atoms with Crippen LogP contribution in [0.4, 0.5) is 4.79 Å². The van der Waals surface area contributed by atoms with Gasteiger partial charge in [0.05, 0.1) is 0 Å². The quantitative estimate of drug-likeness (QED) is 0.855. The lowest BCUT2D eigenvalue weighted by Crippen LogP contribution is -2.62. The predicted octanol–water partition coefficient (Wildman–Crippen LogP) is 2.77. The molecule has 110 valence electrons. The van der Waals surface area contributed by atoms with Crippen LogP contribution in [0.3, 0.4) is 0 Å². The van der Waals surface area contributed by atoms with Crippen molar-refractivity contribution in [1.29, 1.82) is 0 Å². The molecule has 0 spiro atoms. The normalized spacial score (nSPS) is 23.3. The van der Waals surface area contributed by atoms with Crippen molar-refractivity contribution in [3.8, 4) is 0 Å². The van der Waals surface area contributed by atoms with E-state index in [4.69, 9.17) is 4.74 Å². The fourth-order valence-electron chi connectivity index (χ4n) is 3.02. The van der Waals surface area contributed by atoms with E-state index in [0.29, 0.717) is 12.1 Å². The van der Waals surface area contributed by atoms with E-state index in [2.05, 4.69) is 12.2 Å². The number of nitrogens with one attached hydrogen (secondary N) is 1. The summed E-state index contributed by atoms with van der Waals surface area (Å²) < 4.78 is 5.35. The van der Waals surface area contributed by atoms with Crippen molar-refractivity contribution in [3.05, 3.63) is 0 Å². The predicted molar refractivity (Wildman–Crippen MR) is 76.2 cm³/mol. The van der Waals surface area contributed by atoms with Gasteiger partial charge in [-0.25, -0.2) is 4.79 Å². The maximum atomic E-state index is 11.8. The number of amides is 1. The Hall–Kier alpha value is -0.770. The number of nitrogens with zero attached hydrogens (tertiary/aromatic N) is 1. The van der Waals surface area contributed by atoms with Crippen LogP contribution in [0.2, 0.25) is 0 Å². The second-order valence-corrected chi connectivity index (χ2v) is 7.08. The summed E-state index contributed by atoms with van der Waals surface area (Å²) in [4.78, 5) is 13.6. The van der Waals surface area contributed by atoms with Crippen LogP contribution in [0.5, 0.6) is 0 Å². The number of likely N-dealkylation sites (tertiary alicyclic amines) is 1. The smallest absolute Gasteiger partial charge is 0.410 e. The fourth-order valence-corrected chi connectivity index (χ4v) is 3.02. The molecule has 4 heteroatoms. The van der Waals surface area contributed by atoms with E-state index in [1.807, 2.05) is 20.8 Å². The van der Waals surface area contributed by atoms with Gasteiger partial charge < -0.3 is 15.0 Å². The largest absolute Gasteiger partial charge is 0.444 e. The number of hydrogen-bond donors (Lipinski definition) is 1. The molecular weight excluding hydrogens is 240 g/mol. The third-order valence-electron chi connectivity index (χ3n) is 4.14. The van der Waals surface area contributed by atoms with E-state index in [-0.39, 0.29) is 6.09 Å². The lowest BCUT2D eigenvalue weighted by Gasteiger charge is -2.42. The van der Waals surface area contributed by atoms with Crippen LogP contribution in [0.25, 0.3) is 0 Å². The summed E-state index contributed by atoms with van der Waals surface area (Å²) in [5.41, 5.74) is -0.396. The lowest BCUT2D eigenvalue weighted by atomic mass is 9.97. The molecule has 2 fully saturated rings. The Bertz CT molecular complexity index is 313. The molecule has 1 amide bonds. The summed E-state index contributed by atoms with van der Waals surface area (Å²) in [6.07, 6.45) is 5.29. The molecule has 0 radical (unpaired) electrons. The molecule has 19 heavy (non-hydrogen) atoms. The summed E-state index contributed by atoms with van der Waals surface area (Å²) in [6.45, 7) is 9.57. The van der Waals surface area contributed by atoms with Gasteiger partial charge in [-0.1, -0.05) is 12.8 Å². The molecule has 1 saturated carbocycles. The first-order valence-corrected chi connectivity index (χ1v) is 7.59. The third-order valence-corrected chi connectivity index (χ3v) is 4.14. The number of carbonyl (C=O) groups excluding carboxylic acids is 1. The SMILES string of the molecule is CC(NC1CN(C(=O)OC(C)(C)C)C1)C1CCCC1. The molecule has 1 saturated heterocycles. The summed E-state index contributed by atoms with van der Waals surface area (Å²) in [5, 5.41) is 3.66. The summed E-state index contributed by atoms with van der Waals surface area (Å²) >= 11 is 0. The fraction of sp³-hybridized carbons (Fsp3) is 0.933. The Labute approximate surface area is 116 Å². The maximum Gasteiger partial charge on any atom is 0.410 e. The van der Waals surface area contributed by atoms with E-state index in [1.165, 1.54) is 25.7 Å². The molecule has 1 heterocycles. The molecule has 1 aliphatic carbocycles. The van der Waals surface area contributed by atoms with Gasteiger partial charge in [-0.3, -0.25) is 0 Å². The first-order valence-electron chi connectivity index (χ1n) is 7.59. The zero-order chi connectivity index (χ0) is 14.0. The summed E-state index contributed by atoms with van der Waals surface area (Å²) in [6, 6.07) is 1.02. The van der Waals surface area contributed by atoms with Gasteiger partial charge in [-0.05, 0) is 46.5 Å². The van der Waals surface area contributed by atoms with Crippen molar-refractivity contribution < 1.29 is 9.53 Å². The third kappa shape index (κ3) is 4.10. The van der Waals surface area contributed by atoms with Crippen LogP contribution < -0.4 is 5.32 Å². The lowest BCUT2D eigenvalue weighted by molar-refractivity contribution is 0.00363. The van der Waals surface area contributed by atoms with Crippen LogP contribution in [0.1, 0.15) is 53.4 Å². The Kier molecular flexibility index (Phi) is 4.39. The zero-order valence-corrected chi connectivity index (χ0v) is 12.7. The van der Waals surface area contributed by atoms with E-state index in [9.17, 15) is 4.79 Å². The summed E-state index contributed by atoms with van der Waals surface area (Å²) in [5.74, 6) is 0.829. The van der Waals surface area contributed by atoms with Gasteiger partial charge in [-0.2, -0.15) is 0 Å².